The van der Waals surface area contributed by atoms with E-state index in [9.17, 15) is 27.2 Å². The number of carbonyl (C=O) groups excluding carboxylic acids is 2. The molecule has 198 valence electrons. The molecule has 0 heterocycles. The van der Waals surface area contributed by atoms with Gasteiger partial charge in [-0.25, -0.2) is 13.6 Å². The van der Waals surface area contributed by atoms with Crippen LogP contribution in [0.3, 0.4) is 0 Å². The van der Waals surface area contributed by atoms with E-state index in [0.717, 1.165) is 57.8 Å². The summed E-state index contributed by atoms with van der Waals surface area (Å²) < 4.78 is 58.5. The molecule has 0 aliphatic carbocycles. The molecule has 1 unspecified atom stereocenters. The van der Waals surface area contributed by atoms with Crippen molar-refractivity contribution < 1.29 is 31.9 Å². The van der Waals surface area contributed by atoms with Crippen molar-refractivity contribution in [2.75, 3.05) is 6.54 Å². The number of esters is 1. The summed E-state index contributed by atoms with van der Waals surface area (Å²) in [4.78, 5) is 24.8. The van der Waals surface area contributed by atoms with E-state index in [1.807, 2.05) is 0 Å². The Morgan fingerprint density at radius 3 is 1.89 bits per heavy atom. The molecule has 1 atom stereocenters. The van der Waals surface area contributed by atoms with Crippen LogP contribution in [0.5, 0.6) is 5.75 Å². The van der Waals surface area contributed by atoms with Crippen molar-refractivity contribution in [3.05, 3.63) is 41.5 Å². The average Bonchev–Trinajstić information content (AvgIpc) is 2.83. The third-order valence-corrected chi connectivity index (χ3v) is 5.96. The average molecular weight is 502 g/mol. The number of rotatable bonds is 18. The van der Waals surface area contributed by atoms with E-state index in [4.69, 9.17) is 0 Å². The van der Waals surface area contributed by atoms with Crippen LogP contribution < -0.4 is 10.1 Å². The Morgan fingerprint density at radius 2 is 1.34 bits per heavy atom. The summed E-state index contributed by atoms with van der Waals surface area (Å²) >= 11 is 0. The van der Waals surface area contributed by atoms with Crippen molar-refractivity contribution in [3.8, 4) is 5.75 Å². The zero-order valence-electron chi connectivity index (χ0n) is 21.0. The van der Waals surface area contributed by atoms with Crippen molar-refractivity contribution in [2.24, 2.45) is 5.92 Å². The van der Waals surface area contributed by atoms with Crippen molar-refractivity contribution in [1.29, 1.82) is 0 Å². The van der Waals surface area contributed by atoms with Crippen LogP contribution in [0.2, 0.25) is 0 Å². The van der Waals surface area contributed by atoms with E-state index in [1.165, 1.54) is 19.3 Å². The SMILES string of the molecule is C=C(CCNC(=O)C(CCCCCC)CCCCCCCC)C(=O)Oc1c(F)c(F)cc(F)c1F. The monoisotopic (exact) mass is 501 g/mol. The molecule has 8 heteroatoms. The van der Waals surface area contributed by atoms with Crippen molar-refractivity contribution >= 4 is 11.9 Å². The Balaban J connectivity index is 2.55. The first-order valence-corrected chi connectivity index (χ1v) is 12.7. The number of amides is 1. The Bertz CT molecular complexity index is 803. The number of benzene rings is 1. The van der Waals surface area contributed by atoms with E-state index in [0.29, 0.717) is 0 Å². The van der Waals surface area contributed by atoms with E-state index >= 15 is 0 Å². The minimum absolute atomic E-state index is 0.0240. The van der Waals surface area contributed by atoms with Gasteiger partial charge in [-0.3, -0.25) is 4.79 Å². The summed E-state index contributed by atoms with van der Waals surface area (Å²) in [7, 11) is 0. The van der Waals surface area contributed by atoms with Crippen LogP contribution in [-0.2, 0) is 9.59 Å². The second kappa shape index (κ2) is 17.1. The normalized spacial score (nSPS) is 11.8. The van der Waals surface area contributed by atoms with Crippen LogP contribution in [0.1, 0.15) is 97.3 Å². The maximum Gasteiger partial charge on any atom is 0.339 e. The first-order chi connectivity index (χ1) is 16.7. The van der Waals surface area contributed by atoms with Crippen molar-refractivity contribution in [1.82, 2.24) is 5.32 Å². The van der Waals surface area contributed by atoms with E-state index < -0.39 is 35.0 Å². The third-order valence-electron chi connectivity index (χ3n) is 5.96. The predicted octanol–water partition coefficient (Wildman–Crippen LogP) is 7.55. The van der Waals surface area contributed by atoms with Crippen molar-refractivity contribution in [3.63, 3.8) is 0 Å². The third kappa shape index (κ3) is 11.3. The number of nitrogens with one attached hydrogen (secondary N) is 1. The lowest BCUT2D eigenvalue weighted by Gasteiger charge is -2.17. The fraction of sp³-hybridized carbons (Fsp3) is 0.630. The minimum atomic E-state index is -1.81. The van der Waals surface area contributed by atoms with Gasteiger partial charge in [-0.15, -0.1) is 0 Å². The van der Waals surface area contributed by atoms with Crippen LogP contribution in [0.25, 0.3) is 0 Å². The van der Waals surface area contributed by atoms with Gasteiger partial charge in [0.2, 0.25) is 23.3 Å². The molecule has 1 aromatic rings. The van der Waals surface area contributed by atoms with Gasteiger partial charge in [-0.1, -0.05) is 84.6 Å². The van der Waals surface area contributed by atoms with Gasteiger partial charge in [-0.2, -0.15) is 8.78 Å². The van der Waals surface area contributed by atoms with Gasteiger partial charge < -0.3 is 10.1 Å². The van der Waals surface area contributed by atoms with Crippen LogP contribution in [-0.4, -0.2) is 18.4 Å². The molecule has 35 heavy (non-hydrogen) atoms. The van der Waals surface area contributed by atoms with E-state index in [2.05, 4.69) is 30.5 Å². The maximum absolute atomic E-state index is 13.7. The predicted molar refractivity (Wildman–Crippen MR) is 129 cm³/mol. The standard InChI is InChI=1S/C27H39F4NO3/c1-4-6-8-10-11-13-15-20(14-12-9-7-5-2)26(33)32-17-16-19(3)27(34)35-25-23(30)21(28)18-22(29)24(25)31/h18,20H,3-17H2,1-2H3,(H,32,33). The van der Waals surface area contributed by atoms with Gasteiger partial charge in [0.05, 0.1) is 0 Å². The van der Waals surface area contributed by atoms with Crippen LogP contribution in [0.4, 0.5) is 17.6 Å². The molecule has 1 rings (SSSR count). The molecule has 4 nitrogen and oxygen atoms in total. The Hall–Kier alpha value is -2.38. The highest BCUT2D eigenvalue weighted by molar-refractivity contribution is 5.89. The largest absolute Gasteiger partial charge is 0.417 e. The fourth-order valence-electron chi connectivity index (χ4n) is 3.78. The van der Waals surface area contributed by atoms with Crippen LogP contribution in [0.15, 0.2) is 18.2 Å². The molecule has 0 aliphatic rings. The molecule has 1 N–H and O–H groups in total. The van der Waals surface area contributed by atoms with Gasteiger partial charge in [0.15, 0.2) is 11.6 Å². The number of carbonyl (C=O) groups is 2. The molecule has 0 spiro atoms. The smallest absolute Gasteiger partial charge is 0.339 e. The number of halogens is 4. The Morgan fingerprint density at radius 1 is 0.857 bits per heavy atom. The molecule has 0 radical (unpaired) electrons. The maximum atomic E-state index is 13.7. The van der Waals surface area contributed by atoms with E-state index in [-0.39, 0.29) is 36.4 Å². The molecule has 0 fully saturated rings. The molecule has 1 aromatic carbocycles. The summed E-state index contributed by atoms with van der Waals surface area (Å²) in [5.74, 6) is -9.87. The first kappa shape index (κ1) is 30.7. The second-order valence-corrected chi connectivity index (χ2v) is 8.93. The number of hydrogen-bond acceptors (Lipinski definition) is 3. The zero-order valence-corrected chi connectivity index (χ0v) is 21.0. The highest BCUT2D eigenvalue weighted by atomic mass is 19.2. The molecule has 0 bridgehead atoms. The van der Waals surface area contributed by atoms with Gasteiger partial charge in [0.1, 0.15) is 0 Å². The molecule has 1 amide bonds. The first-order valence-electron chi connectivity index (χ1n) is 12.7. The number of hydrogen-bond donors (Lipinski definition) is 1. The molecular weight excluding hydrogens is 462 g/mol. The van der Waals surface area contributed by atoms with Gasteiger partial charge >= 0.3 is 5.97 Å². The van der Waals surface area contributed by atoms with Gasteiger partial charge in [0.25, 0.3) is 0 Å². The van der Waals surface area contributed by atoms with E-state index in [1.54, 1.807) is 0 Å². The fourth-order valence-corrected chi connectivity index (χ4v) is 3.78. The van der Waals surface area contributed by atoms with Crippen LogP contribution >= 0.6 is 0 Å². The number of unbranched alkanes of at least 4 members (excludes halogenated alkanes) is 8. The topological polar surface area (TPSA) is 55.4 Å². The summed E-state index contributed by atoms with van der Waals surface area (Å²) in [6.45, 7) is 7.87. The Kier molecular flexibility index (Phi) is 15.0. The van der Waals surface area contributed by atoms with Crippen molar-refractivity contribution in [2.45, 2.75) is 97.3 Å². The summed E-state index contributed by atoms with van der Waals surface area (Å²) in [5, 5.41) is 2.80. The Labute approximate surface area is 206 Å². The highest BCUT2D eigenvalue weighted by Crippen LogP contribution is 2.27. The molecular formula is C27H39F4NO3. The van der Waals surface area contributed by atoms with Gasteiger partial charge in [-0.05, 0) is 19.3 Å². The molecule has 0 aromatic heterocycles. The van der Waals surface area contributed by atoms with Crippen LogP contribution in [0, 0.1) is 29.2 Å². The summed E-state index contributed by atoms with van der Waals surface area (Å²) in [5.41, 5.74) is -0.191. The minimum Gasteiger partial charge on any atom is -0.417 e. The lowest BCUT2D eigenvalue weighted by atomic mass is 9.93. The summed E-state index contributed by atoms with van der Waals surface area (Å²) in [6.07, 6.45) is 12.7. The highest BCUT2D eigenvalue weighted by Gasteiger charge is 2.24. The quantitative estimate of drug-likeness (QED) is 0.0564. The second-order valence-electron chi connectivity index (χ2n) is 8.93. The summed E-state index contributed by atoms with van der Waals surface area (Å²) in [6, 6.07) is 0.0240. The lowest BCUT2D eigenvalue weighted by Crippen LogP contribution is -2.32. The lowest BCUT2D eigenvalue weighted by molar-refractivity contribution is -0.131. The zero-order chi connectivity index (χ0) is 26.2. The molecule has 0 saturated heterocycles. The molecule has 0 aliphatic heterocycles. The number of ether oxygens (including phenoxy) is 1. The molecule has 0 saturated carbocycles. The van der Waals surface area contributed by atoms with Gasteiger partial charge in [0, 0.05) is 24.1 Å².